The molecule has 0 saturated heterocycles. The van der Waals surface area contributed by atoms with Gasteiger partial charge in [0.05, 0.1) is 5.69 Å². The van der Waals surface area contributed by atoms with Crippen LogP contribution in [-0.2, 0) is 13.0 Å². The van der Waals surface area contributed by atoms with E-state index in [0.717, 1.165) is 41.1 Å². The van der Waals surface area contributed by atoms with Gasteiger partial charge in [-0.15, -0.1) is 0 Å². The van der Waals surface area contributed by atoms with Gasteiger partial charge in [0.2, 0.25) is 5.95 Å². The van der Waals surface area contributed by atoms with Crippen molar-refractivity contribution in [2.24, 2.45) is 5.73 Å². The van der Waals surface area contributed by atoms with Crippen molar-refractivity contribution in [3.8, 4) is 5.69 Å². The number of aromatic nitrogens is 6. The Hall–Kier alpha value is -3.46. The second-order valence-electron chi connectivity index (χ2n) is 7.95. The maximum atomic E-state index is 6.08. The molecule has 0 atom stereocenters. The highest BCUT2D eigenvalue weighted by atomic mass is 15.3. The van der Waals surface area contributed by atoms with Crippen LogP contribution in [0.5, 0.6) is 0 Å². The number of hydrogen-bond donors (Lipinski definition) is 3. The van der Waals surface area contributed by atoms with Crippen molar-refractivity contribution in [2.45, 2.75) is 44.7 Å². The Kier molecular flexibility index (Phi) is 5.25. The van der Waals surface area contributed by atoms with Crippen molar-refractivity contribution >= 4 is 22.9 Å². The molecule has 1 aromatic carbocycles. The quantitative estimate of drug-likeness (QED) is 0.422. The van der Waals surface area contributed by atoms with E-state index >= 15 is 0 Å². The first-order valence-electron chi connectivity index (χ1n) is 10.8. The summed E-state index contributed by atoms with van der Waals surface area (Å²) in [6.45, 7) is 1.15. The number of nitrogens with two attached hydrogens (primary N) is 2. The molecule has 9 nitrogen and oxygen atoms in total. The topological polar surface area (TPSA) is 125 Å². The lowest BCUT2D eigenvalue weighted by molar-refractivity contribution is 0.507. The Balaban J connectivity index is 1.43. The SMILES string of the molecule is NCCc1nc2c(NCc3ccc(-n4cccn4)cc3)nc(N)nc2n1C1CCCC1. The van der Waals surface area contributed by atoms with Crippen molar-refractivity contribution in [1.82, 2.24) is 29.3 Å². The standard InChI is InChI=1S/C22H27N9/c23-11-10-18-27-19-20(28-22(24)29-21(19)31(18)17-4-1-2-5-17)25-14-15-6-8-16(9-7-15)30-13-3-12-26-30/h3,6-9,12-13,17H,1-2,4-5,10-11,14,23H2,(H3,24,25,28,29). The average Bonchev–Trinajstić information content (AvgIpc) is 3.53. The Morgan fingerprint density at radius 3 is 2.58 bits per heavy atom. The third-order valence-electron chi connectivity index (χ3n) is 5.85. The molecular weight excluding hydrogens is 390 g/mol. The summed E-state index contributed by atoms with van der Waals surface area (Å²) in [5.41, 5.74) is 15.7. The minimum atomic E-state index is 0.252. The number of fused-ring (bicyclic) bond motifs is 1. The lowest BCUT2D eigenvalue weighted by Gasteiger charge is -2.15. The van der Waals surface area contributed by atoms with E-state index in [9.17, 15) is 0 Å². The molecule has 0 aliphatic heterocycles. The van der Waals surface area contributed by atoms with E-state index in [-0.39, 0.29) is 5.95 Å². The van der Waals surface area contributed by atoms with E-state index in [1.54, 1.807) is 6.20 Å². The summed E-state index contributed by atoms with van der Waals surface area (Å²) in [6.07, 6.45) is 9.13. The molecule has 1 saturated carbocycles. The summed E-state index contributed by atoms with van der Waals surface area (Å²) in [6, 6.07) is 10.5. The number of benzene rings is 1. The zero-order chi connectivity index (χ0) is 21.2. The molecule has 5 rings (SSSR count). The molecule has 0 unspecified atom stereocenters. The molecule has 1 fully saturated rings. The Morgan fingerprint density at radius 2 is 1.87 bits per heavy atom. The fourth-order valence-electron chi connectivity index (χ4n) is 4.38. The van der Waals surface area contributed by atoms with Gasteiger partial charge in [-0.05, 0) is 43.1 Å². The Bertz CT molecular complexity index is 1160. The van der Waals surface area contributed by atoms with Crippen LogP contribution in [0.3, 0.4) is 0 Å². The van der Waals surface area contributed by atoms with Crippen LogP contribution < -0.4 is 16.8 Å². The molecule has 0 bridgehead atoms. The predicted molar refractivity (Wildman–Crippen MR) is 121 cm³/mol. The van der Waals surface area contributed by atoms with Crippen LogP contribution >= 0.6 is 0 Å². The summed E-state index contributed by atoms with van der Waals surface area (Å²) in [5.74, 6) is 1.88. The molecule has 0 amide bonds. The third kappa shape index (κ3) is 3.84. The Labute approximate surface area is 180 Å². The molecule has 5 N–H and O–H groups in total. The van der Waals surface area contributed by atoms with Gasteiger partial charge >= 0.3 is 0 Å². The molecule has 0 spiro atoms. The van der Waals surface area contributed by atoms with Crippen LogP contribution in [0.1, 0.15) is 43.1 Å². The zero-order valence-electron chi connectivity index (χ0n) is 17.4. The number of anilines is 2. The molecule has 31 heavy (non-hydrogen) atoms. The van der Waals surface area contributed by atoms with Crippen molar-refractivity contribution in [2.75, 3.05) is 17.6 Å². The fourth-order valence-corrected chi connectivity index (χ4v) is 4.38. The van der Waals surface area contributed by atoms with Gasteiger partial charge in [-0.25, -0.2) is 9.67 Å². The first-order valence-corrected chi connectivity index (χ1v) is 10.8. The molecule has 4 aromatic rings. The smallest absolute Gasteiger partial charge is 0.224 e. The van der Waals surface area contributed by atoms with Gasteiger partial charge in [0.25, 0.3) is 0 Å². The fraction of sp³-hybridized carbons (Fsp3) is 0.364. The summed E-state index contributed by atoms with van der Waals surface area (Å²) in [5, 5.41) is 7.67. The summed E-state index contributed by atoms with van der Waals surface area (Å²) < 4.78 is 4.08. The molecule has 160 valence electrons. The number of nitrogen functional groups attached to an aromatic ring is 1. The molecule has 0 radical (unpaired) electrons. The van der Waals surface area contributed by atoms with Gasteiger partial charge in [0.15, 0.2) is 17.0 Å². The molecule has 9 heteroatoms. The third-order valence-corrected chi connectivity index (χ3v) is 5.85. The van der Waals surface area contributed by atoms with E-state index in [1.165, 1.54) is 12.8 Å². The van der Waals surface area contributed by atoms with Crippen LogP contribution in [0.4, 0.5) is 11.8 Å². The van der Waals surface area contributed by atoms with Crippen molar-refractivity contribution in [3.63, 3.8) is 0 Å². The number of hydrogen-bond acceptors (Lipinski definition) is 7. The number of nitrogens with zero attached hydrogens (tertiary/aromatic N) is 6. The van der Waals surface area contributed by atoms with E-state index in [1.807, 2.05) is 29.1 Å². The van der Waals surface area contributed by atoms with Crippen LogP contribution in [-0.4, -0.2) is 35.8 Å². The second kappa shape index (κ2) is 8.35. The van der Waals surface area contributed by atoms with E-state index < -0.39 is 0 Å². The Morgan fingerprint density at radius 1 is 1.06 bits per heavy atom. The summed E-state index contributed by atoms with van der Waals surface area (Å²) in [4.78, 5) is 13.9. The van der Waals surface area contributed by atoms with Crippen LogP contribution in [0.2, 0.25) is 0 Å². The number of nitrogens with one attached hydrogen (secondary N) is 1. The van der Waals surface area contributed by atoms with Crippen LogP contribution in [0.25, 0.3) is 16.9 Å². The monoisotopic (exact) mass is 417 g/mol. The molecule has 3 aromatic heterocycles. The highest BCUT2D eigenvalue weighted by molar-refractivity contribution is 5.85. The lowest BCUT2D eigenvalue weighted by atomic mass is 10.2. The predicted octanol–water partition coefficient (Wildman–Crippen LogP) is 2.82. The second-order valence-corrected chi connectivity index (χ2v) is 7.95. The number of rotatable bonds is 7. The summed E-state index contributed by atoms with van der Waals surface area (Å²) >= 11 is 0. The molecule has 1 aliphatic rings. The minimum Gasteiger partial charge on any atom is -0.368 e. The normalized spacial score (nSPS) is 14.5. The van der Waals surface area contributed by atoms with Gasteiger partial charge < -0.3 is 21.4 Å². The molecule has 3 heterocycles. The first kappa shape index (κ1) is 19.5. The van der Waals surface area contributed by atoms with Gasteiger partial charge in [0, 0.05) is 31.4 Å². The van der Waals surface area contributed by atoms with Crippen LogP contribution in [0.15, 0.2) is 42.7 Å². The highest BCUT2D eigenvalue weighted by Gasteiger charge is 2.25. The van der Waals surface area contributed by atoms with Crippen molar-refractivity contribution in [1.29, 1.82) is 0 Å². The molecule has 1 aliphatic carbocycles. The molecular formula is C22H27N9. The van der Waals surface area contributed by atoms with E-state index in [4.69, 9.17) is 16.5 Å². The van der Waals surface area contributed by atoms with Crippen molar-refractivity contribution < 1.29 is 0 Å². The highest BCUT2D eigenvalue weighted by Crippen LogP contribution is 2.34. The lowest BCUT2D eigenvalue weighted by Crippen LogP contribution is -2.14. The van der Waals surface area contributed by atoms with Crippen molar-refractivity contribution in [3.05, 3.63) is 54.1 Å². The first-order chi connectivity index (χ1) is 15.2. The van der Waals surface area contributed by atoms with E-state index in [0.29, 0.717) is 31.4 Å². The maximum Gasteiger partial charge on any atom is 0.224 e. The van der Waals surface area contributed by atoms with Gasteiger partial charge in [-0.1, -0.05) is 25.0 Å². The van der Waals surface area contributed by atoms with Gasteiger partial charge in [-0.3, -0.25) is 0 Å². The zero-order valence-corrected chi connectivity index (χ0v) is 17.4. The average molecular weight is 418 g/mol. The summed E-state index contributed by atoms with van der Waals surface area (Å²) in [7, 11) is 0. The van der Waals surface area contributed by atoms with E-state index in [2.05, 4.69) is 37.1 Å². The number of imidazole rings is 1. The van der Waals surface area contributed by atoms with Gasteiger partial charge in [-0.2, -0.15) is 15.1 Å². The maximum absolute atomic E-state index is 6.08. The minimum absolute atomic E-state index is 0.252. The largest absolute Gasteiger partial charge is 0.368 e. The van der Waals surface area contributed by atoms with Gasteiger partial charge in [0.1, 0.15) is 5.82 Å². The van der Waals surface area contributed by atoms with Crippen LogP contribution in [0, 0.1) is 0 Å².